The van der Waals surface area contributed by atoms with Crippen molar-refractivity contribution in [1.29, 1.82) is 0 Å². The lowest BCUT2D eigenvalue weighted by molar-refractivity contribution is 0.248. The number of hydrogen-bond donors (Lipinski definition) is 4. The lowest BCUT2D eigenvalue weighted by atomic mass is 10.6. The highest BCUT2D eigenvalue weighted by atomic mass is 32.2. The third-order valence-corrected chi connectivity index (χ3v) is 2.27. The van der Waals surface area contributed by atoms with Crippen LogP contribution in [0.2, 0.25) is 0 Å². The first-order chi connectivity index (χ1) is 4.79. The Labute approximate surface area is 61.6 Å². The molecule has 0 saturated heterocycles. The molecule has 0 spiro atoms. The van der Waals surface area contributed by atoms with Crippen LogP contribution in [0.5, 0.6) is 0 Å². The van der Waals surface area contributed by atoms with Gasteiger partial charge in [0.2, 0.25) is 0 Å². The van der Waals surface area contributed by atoms with Crippen LogP contribution in [0.1, 0.15) is 0 Å². The van der Waals surface area contributed by atoms with Crippen LogP contribution in [0.4, 0.5) is 4.79 Å². The molecule has 0 aromatic heterocycles. The minimum absolute atomic E-state index is 0.501. The second-order valence-corrected chi connectivity index (χ2v) is 3.33. The van der Waals surface area contributed by atoms with Gasteiger partial charge in [0.1, 0.15) is 0 Å². The van der Waals surface area contributed by atoms with E-state index in [0.29, 0.717) is 0 Å². The zero-order valence-corrected chi connectivity index (χ0v) is 6.14. The first-order valence-corrected chi connectivity index (χ1v) is 4.21. The molecule has 1 heterocycles. The van der Waals surface area contributed by atoms with Crippen LogP contribution in [0.3, 0.4) is 0 Å². The van der Waals surface area contributed by atoms with E-state index in [1.807, 2.05) is 23.0 Å². The van der Waals surface area contributed by atoms with Crippen LogP contribution in [-0.4, -0.2) is 6.03 Å². The van der Waals surface area contributed by atoms with E-state index in [9.17, 15) is 4.79 Å². The summed E-state index contributed by atoms with van der Waals surface area (Å²) >= 11 is -0.501. The highest BCUT2D eigenvalue weighted by molar-refractivity contribution is 8.20. The molecule has 0 saturated carbocycles. The number of allylic oxidation sites excluding steroid dienone is 2. The predicted molar refractivity (Wildman–Crippen MR) is 43.1 cm³/mol. The number of thiol groups is 1. The average molecular weight is 159 g/mol. The maximum absolute atomic E-state index is 10.2. The Morgan fingerprint density at radius 1 is 1.40 bits per heavy atom. The lowest BCUT2D eigenvalue weighted by Gasteiger charge is -2.10. The van der Waals surface area contributed by atoms with Crippen molar-refractivity contribution in [1.82, 2.24) is 10.3 Å². The average Bonchev–Trinajstić information content (AvgIpc) is 2.34. The number of carbonyl (C=O) groups is 1. The summed E-state index contributed by atoms with van der Waals surface area (Å²) in [7, 11) is 0. The van der Waals surface area contributed by atoms with Gasteiger partial charge in [-0.15, -0.1) is 11.1 Å². The first kappa shape index (κ1) is 7.17. The monoisotopic (exact) mass is 159 g/mol. The summed E-state index contributed by atoms with van der Waals surface area (Å²) in [5, 5.41) is 3.93. The van der Waals surface area contributed by atoms with Crippen molar-refractivity contribution in [3.63, 3.8) is 0 Å². The van der Waals surface area contributed by atoms with E-state index in [1.54, 1.807) is 0 Å². The normalized spacial score (nSPS) is 17.8. The number of carbonyl (C=O) groups excluding carboxylic acids is 1. The van der Waals surface area contributed by atoms with Crippen LogP contribution < -0.4 is 16.0 Å². The van der Waals surface area contributed by atoms with Crippen molar-refractivity contribution in [2.24, 2.45) is 5.73 Å². The molecule has 0 fully saturated rings. The van der Waals surface area contributed by atoms with Gasteiger partial charge in [-0.05, 0) is 10.8 Å². The Balaban J connectivity index is 2.20. The third-order valence-electron chi connectivity index (χ3n) is 0.913. The van der Waals surface area contributed by atoms with Gasteiger partial charge in [0.25, 0.3) is 0 Å². The second-order valence-electron chi connectivity index (χ2n) is 1.69. The van der Waals surface area contributed by atoms with Crippen LogP contribution in [0.15, 0.2) is 23.0 Å². The van der Waals surface area contributed by atoms with Crippen molar-refractivity contribution in [3.8, 4) is 0 Å². The quantitative estimate of drug-likeness (QED) is 0.341. The van der Waals surface area contributed by atoms with E-state index in [1.165, 1.54) is 0 Å². The van der Waals surface area contributed by atoms with Gasteiger partial charge in [-0.2, -0.15) is 4.83 Å². The molecule has 5 heteroatoms. The van der Waals surface area contributed by atoms with Crippen LogP contribution >= 0.6 is 11.1 Å². The molecule has 0 aliphatic carbocycles. The van der Waals surface area contributed by atoms with Gasteiger partial charge < -0.3 is 5.73 Å². The van der Waals surface area contributed by atoms with Gasteiger partial charge in [-0.3, -0.25) is 5.43 Å². The SMILES string of the molecule is NC(=O)NN[SH]1C=CC=C1. The Morgan fingerprint density at radius 3 is 2.50 bits per heavy atom. The van der Waals surface area contributed by atoms with Gasteiger partial charge >= 0.3 is 6.03 Å². The first-order valence-electron chi connectivity index (χ1n) is 2.73. The molecule has 1 aliphatic rings. The van der Waals surface area contributed by atoms with E-state index >= 15 is 0 Å². The zero-order valence-electron chi connectivity index (χ0n) is 5.24. The minimum Gasteiger partial charge on any atom is -0.351 e. The molecule has 56 valence electrons. The van der Waals surface area contributed by atoms with Crippen molar-refractivity contribution >= 4 is 17.1 Å². The summed E-state index contributed by atoms with van der Waals surface area (Å²) in [5.41, 5.74) is 7.12. The van der Waals surface area contributed by atoms with Crippen LogP contribution in [0, 0.1) is 0 Å². The van der Waals surface area contributed by atoms with Crippen LogP contribution in [0.25, 0.3) is 0 Å². The highest BCUT2D eigenvalue weighted by Gasteiger charge is 1.96. The fourth-order valence-corrected chi connectivity index (χ4v) is 1.59. The molecule has 0 aromatic carbocycles. The number of nitrogens with one attached hydrogen (secondary N) is 2. The van der Waals surface area contributed by atoms with Crippen molar-refractivity contribution in [2.75, 3.05) is 0 Å². The van der Waals surface area contributed by atoms with Crippen molar-refractivity contribution in [2.45, 2.75) is 0 Å². The predicted octanol–water partition coefficient (Wildman–Crippen LogP) is 0.116. The van der Waals surface area contributed by atoms with Crippen molar-refractivity contribution in [3.05, 3.63) is 23.0 Å². The molecule has 1 rings (SSSR count). The summed E-state index contributed by atoms with van der Waals surface area (Å²) in [6.07, 6.45) is 3.84. The van der Waals surface area contributed by atoms with Gasteiger partial charge in [-0.1, -0.05) is 12.2 Å². The van der Waals surface area contributed by atoms with E-state index in [2.05, 4.69) is 10.3 Å². The largest absolute Gasteiger partial charge is 0.351 e. The van der Waals surface area contributed by atoms with E-state index in [0.717, 1.165) is 0 Å². The maximum Gasteiger partial charge on any atom is 0.327 e. The lowest BCUT2D eigenvalue weighted by Crippen LogP contribution is -2.38. The molecule has 4 N–H and O–H groups in total. The maximum atomic E-state index is 10.2. The van der Waals surface area contributed by atoms with Gasteiger partial charge in [0, 0.05) is 0 Å². The molecular weight excluding hydrogens is 150 g/mol. The van der Waals surface area contributed by atoms with Crippen LogP contribution in [-0.2, 0) is 0 Å². The van der Waals surface area contributed by atoms with Gasteiger partial charge in [0.15, 0.2) is 0 Å². The third kappa shape index (κ3) is 2.12. The summed E-state index contributed by atoms with van der Waals surface area (Å²) in [5.74, 6) is 0. The van der Waals surface area contributed by atoms with E-state index < -0.39 is 17.1 Å². The Kier molecular flexibility index (Phi) is 2.35. The fourth-order valence-electron chi connectivity index (χ4n) is 0.529. The highest BCUT2D eigenvalue weighted by Crippen LogP contribution is 2.26. The standard InChI is InChI=1S/C5H9N3OS/c6-5(9)7-8-10-3-1-2-4-10/h1-4,8,10H,(H3,6,7,9). The fraction of sp³-hybridized carbons (Fsp3) is 0. The second kappa shape index (κ2) is 3.28. The number of amides is 2. The molecule has 0 unspecified atom stereocenters. The molecule has 0 atom stereocenters. The molecule has 1 aliphatic heterocycles. The molecule has 0 bridgehead atoms. The Hall–Kier alpha value is -0.940. The van der Waals surface area contributed by atoms with E-state index in [4.69, 9.17) is 5.73 Å². The summed E-state index contributed by atoms with van der Waals surface area (Å²) in [6, 6.07) is -0.559. The number of urea groups is 1. The number of primary amides is 1. The Morgan fingerprint density at radius 2 is 2.00 bits per heavy atom. The van der Waals surface area contributed by atoms with Gasteiger partial charge in [-0.25, -0.2) is 4.79 Å². The van der Waals surface area contributed by atoms with Gasteiger partial charge in [0.05, 0.1) is 0 Å². The number of hydrogen-bond acceptors (Lipinski definition) is 2. The number of hydrazine groups is 1. The molecule has 2 amide bonds. The summed E-state index contributed by atoms with van der Waals surface area (Å²) in [4.78, 5) is 12.9. The summed E-state index contributed by atoms with van der Waals surface area (Å²) in [6.45, 7) is 0. The summed E-state index contributed by atoms with van der Waals surface area (Å²) < 4.78 is 0. The molecule has 0 aromatic rings. The van der Waals surface area contributed by atoms with E-state index in [-0.39, 0.29) is 0 Å². The smallest absolute Gasteiger partial charge is 0.327 e. The number of rotatable bonds is 2. The Bertz CT molecular complexity index is 177. The topological polar surface area (TPSA) is 67.2 Å². The molecule has 4 nitrogen and oxygen atoms in total. The molecule has 10 heavy (non-hydrogen) atoms. The molecular formula is C5H9N3OS. The number of nitrogens with two attached hydrogens (primary N) is 1. The zero-order chi connectivity index (χ0) is 7.40. The minimum atomic E-state index is -0.559. The van der Waals surface area contributed by atoms with Crippen molar-refractivity contribution < 1.29 is 4.79 Å². The molecule has 0 radical (unpaired) electrons.